The lowest BCUT2D eigenvalue weighted by molar-refractivity contribution is -0.141. The highest BCUT2D eigenvalue weighted by molar-refractivity contribution is 5.98. The van der Waals surface area contributed by atoms with Crippen LogP contribution in [0.2, 0.25) is 0 Å². The monoisotopic (exact) mass is 430 g/mol. The van der Waals surface area contributed by atoms with E-state index in [4.69, 9.17) is 11.0 Å². The van der Waals surface area contributed by atoms with Gasteiger partial charge in [0, 0.05) is 24.1 Å². The average Bonchev–Trinajstić information content (AvgIpc) is 3.30. The fraction of sp³-hybridized carbons (Fsp3) is 0.423. The molecule has 1 aliphatic carbocycles. The number of nitriles is 1. The van der Waals surface area contributed by atoms with Gasteiger partial charge in [-0.2, -0.15) is 5.26 Å². The molecule has 1 heterocycles. The lowest BCUT2D eigenvalue weighted by Crippen LogP contribution is -2.48. The van der Waals surface area contributed by atoms with Crippen LogP contribution >= 0.6 is 0 Å². The molecule has 166 valence electrons. The minimum absolute atomic E-state index is 0.0301. The van der Waals surface area contributed by atoms with Crippen LogP contribution in [-0.4, -0.2) is 35.8 Å². The Bertz CT molecular complexity index is 975. The quantitative estimate of drug-likeness (QED) is 0.756. The lowest BCUT2D eigenvalue weighted by Gasteiger charge is -2.33. The van der Waals surface area contributed by atoms with E-state index in [1.54, 1.807) is 24.3 Å². The van der Waals surface area contributed by atoms with E-state index in [1.165, 1.54) is 0 Å². The molecule has 3 N–H and O–H groups in total. The molecular weight excluding hydrogens is 400 g/mol. The van der Waals surface area contributed by atoms with Crippen molar-refractivity contribution < 1.29 is 9.59 Å². The van der Waals surface area contributed by atoms with Crippen molar-refractivity contribution in [3.05, 3.63) is 65.7 Å². The van der Waals surface area contributed by atoms with Gasteiger partial charge in [-0.15, -0.1) is 0 Å². The van der Waals surface area contributed by atoms with Crippen molar-refractivity contribution in [1.82, 2.24) is 4.90 Å². The fourth-order valence-electron chi connectivity index (χ4n) is 5.14. The van der Waals surface area contributed by atoms with E-state index in [1.807, 2.05) is 35.2 Å². The zero-order valence-corrected chi connectivity index (χ0v) is 18.2. The van der Waals surface area contributed by atoms with Crippen molar-refractivity contribution in [3.63, 3.8) is 0 Å². The van der Waals surface area contributed by atoms with Crippen LogP contribution < -0.4 is 11.1 Å². The second-order valence-electron chi connectivity index (χ2n) is 8.91. The van der Waals surface area contributed by atoms with Gasteiger partial charge in [-0.25, -0.2) is 0 Å². The molecule has 2 aromatic carbocycles. The number of carbonyl (C=O) groups excluding carboxylic acids is 2. The topological polar surface area (TPSA) is 99.2 Å². The SMILES string of the molecule is N#Cc1ccc(NC(=O)C2C(c3ccccc3)CCN2C(=O)[C@H]2CC[C@H](CN)CC2)cc1. The second kappa shape index (κ2) is 9.97. The molecule has 1 saturated carbocycles. The van der Waals surface area contributed by atoms with Gasteiger partial charge in [0.2, 0.25) is 11.8 Å². The van der Waals surface area contributed by atoms with Gasteiger partial charge >= 0.3 is 0 Å². The zero-order chi connectivity index (χ0) is 22.5. The molecule has 1 saturated heterocycles. The molecule has 4 rings (SSSR count). The Morgan fingerprint density at radius 2 is 1.69 bits per heavy atom. The summed E-state index contributed by atoms with van der Waals surface area (Å²) in [5.74, 6) is 0.352. The molecule has 32 heavy (non-hydrogen) atoms. The van der Waals surface area contributed by atoms with E-state index < -0.39 is 6.04 Å². The maximum Gasteiger partial charge on any atom is 0.247 e. The molecule has 2 unspecified atom stereocenters. The standard InChI is InChI=1S/C26H30N4O2/c27-16-18-6-10-21(11-7-18)26(32)30-15-14-23(20-4-2-1-3-5-20)24(30)25(31)29-22-12-8-19(17-28)9-13-22/h1-5,8-9,12-13,18,21,23-24H,6-7,10-11,14-16,27H2,(H,29,31)/t18-,21-,23?,24?. The molecule has 0 spiro atoms. The van der Waals surface area contributed by atoms with Gasteiger partial charge in [-0.3, -0.25) is 9.59 Å². The van der Waals surface area contributed by atoms with E-state index in [2.05, 4.69) is 11.4 Å². The number of amides is 2. The maximum atomic E-state index is 13.5. The Labute approximate surface area is 189 Å². The van der Waals surface area contributed by atoms with Crippen molar-refractivity contribution in [2.75, 3.05) is 18.4 Å². The van der Waals surface area contributed by atoms with Gasteiger partial charge in [0.1, 0.15) is 6.04 Å². The van der Waals surface area contributed by atoms with Crippen molar-refractivity contribution in [3.8, 4) is 6.07 Å². The Kier molecular flexibility index (Phi) is 6.87. The first kappa shape index (κ1) is 22.0. The third-order valence-electron chi connectivity index (χ3n) is 6.99. The Hall–Kier alpha value is -3.17. The van der Waals surface area contributed by atoms with Gasteiger partial charge in [0.15, 0.2) is 0 Å². The lowest BCUT2D eigenvalue weighted by atomic mass is 9.81. The summed E-state index contributed by atoms with van der Waals surface area (Å²) in [4.78, 5) is 28.8. The van der Waals surface area contributed by atoms with Crippen LogP contribution in [0, 0.1) is 23.2 Å². The predicted octanol–water partition coefficient (Wildman–Crippen LogP) is 3.65. The number of hydrogen-bond acceptors (Lipinski definition) is 4. The number of likely N-dealkylation sites (tertiary alicyclic amines) is 1. The molecule has 6 heteroatoms. The smallest absolute Gasteiger partial charge is 0.247 e. The van der Waals surface area contributed by atoms with Crippen molar-refractivity contribution in [2.24, 2.45) is 17.6 Å². The summed E-state index contributed by atoms with van der Waals surface area (Å²) in [6.07, 6.45) is 4.41. The highest BCUT2D eigenvalue weighted by Gasteiger charge is 2.44. The third-order valence-corrected chi connectivity index (χ3v) is 6.99. The Morgan fingerprint density at radius 1 is 1.00 bits per heavy atom. The summed E-state index contributed by atoms with van der Waals surface area (Å²) >= 11 is 0. The molecule has 0 radical (unpaired) electrons. The normalized spacial score (nSPS) is 25.2. The summed E-state index contributed by atoms with van der Waals surface area (Å²) in [6.45, 7) is 1.26. The Morgan fingerprint density at radius 3 is 2.31 bits per heavy atom. The summed E-state index contributed by atoms with van der Waals surface area (Å²) < 4.78 is 0. The van der Waals surface area contributed by atoms with Crippen LogP contribution in [0.3, 0.4) is 0 Å². The van der Waals surface area contributed by atoms with Crippen LogP contribution in [0.5, 0.6) is 0 Å². The first-order chi connectivity index (χ1) is 15.6. The van der Waals surface area contributed by atoms with Gasteiger partial charge in [-0.1, -0.05) is 30.3 Å². The summed E-state index contributed by atoms with van der Waals surface area (Å²) in [6, 6.07) is 18.3. The van der Waals surface area contributed by atoms with Gasteiger partial charge in [-0.05, 0) is 74.4 Å². The van der Waals surface area contributed by atoms with Crippen LogP contribution in [0.15, 0.2) is 54.6 Å². The van der Waals surface area contributed by atoms with Crippen LogP contribution in [0.4, 0.5) is 5.69 Å². The minimum atomic E-state index is -0.548. The summed E-state index contributed by atoms with van der Waals surface area (Å²) in [5, 5.41) is 12.0. The van der Waals surface area contributed by atoms with E-state index in [-0.39, 0.29) is 23.7 Å². The zero-order valence-electron chi connectivity index (χ0n) is 18.2. The number of anilines is 1. The molecule has 1 aliphatic heterocycles. The highest BCUT2D eigenvalue weighted by atomic mass is 16.2. The van der Waals surface area contributed by atoms with Gasteiger partial charge in [0.25, 0.3) is 0 Å². The predicted molar refractivity (Wildman–Crippen MR) is 124 cm³/mol. The molecule has 2 fully saturated rings. The van der Waals surface area contributed by atoms with Crippen LogP contribution in [0.25, 0.3) is 0 Å². The van der Waals surface area contributed by atoms with E-state index >= 15 is 0 Å². The molecule has 0 aromatic heterocycles. The largest absolute Gasteiger partial charge is 0.330 e. The number of hydrogen-bond donors (Lipinski definition) is 2. The highest BCUT2D eigenvalue weighted by Crippen LogP contribution is 2.37. The summed E-state index contributed by atoms with van der Waals surface area (Å²) in [7, 11) is 0. The third kappa shape index (κ3) is 4.68. The minimum Gasteiger partial charge on any atom is -0.330 e. The molecule has 2 atom stereocenters. The molecule has 2 aromatic rings. The molecule has 0 bridgehead atoms. The first-order valence-corrected chi connectivity index (χ1v) is 11.5. The second-order valence-corrected chi connectivity index (χ2v) is 8.91. The van der Waals surface area contributed by atoms with E-state index in [0.717, 1.165) is 37.7 Å². The van der Waals surface area contributed by atoms with Gasteiger partial charge in [0.05, 0.1) is 11.6 Å². The fourth-order valence-corrected chi connectivity index (χ4v) is 5.14. The number of carbonyl (C=O) groups is 2. The Balaban J connectivity index is 1.55. The van der Waals surface area contributed by atoms with E-state index in [0.29, 0.717) is 30.3 Å². The molecule has 6 nitrogen and oxygen atoms in total. The number of rotatable bonds is 5. The first-order valence-electron chi connectivity index (χ1n) is 11.5. The van der Waals surface area contributed by atoms with Crippen LogP contribution in [0.1, 0.15) is 49.1 Å². The number of nitrogens with two attached hydrogens (primary N) is 1. The average molecular weight is 431 g/mol. The van der Waals surface area contributed by atoms with Crippen molar-refractivity contribution in [1.29, 1.82) is 5.26 Å². The molecule has 2 aliphatic rings. The number of nitrogens with zero attached hydrogens (tertiary/aromatic N) is 2. The van der Waals surface area contributed by atoms with Gasteiger partial charge < -0.3 is 16.0 Å². The number of nitrogens with one attached hydrogen (secondary N) is 1. The molecule has 2 amide bonds. The van der Waals surface area contributed by atoms with Crippen molar-refractivity contribution in [2.45, 2.75) is 44.1 Å². The number of benzene rings is 2. The maximum absolute atomic E-state index is 13.5. The van der Waals surface area contributed by atoms with Crippen molar-refractivity contribution >= 4 is 17.5 Å². The van der Waals surface area contributed by atoms with E-state index in [9.17, 15) is 9.59 Å². The summed E-state index contributed by atoms with van der Waals surface area (Å²) in [5.41, 5.74) is 8.06. The van der Waals surface area contributed by atoms with Crippen LogP contribution in [-0.2, 0) is 9.59 Å². The molecular formula is C26H30N4O2.